The van der Waals surface area contributed by atoms with Crippen LogP contribution in [-0.2, 0) is 11.3 Å². The summed E-state index contributed by atoms with van der Waals surface area (Å²) in [4.78, 5) is 9.37. The first-order chi connectivity index (χ1) is 14.6. The van der Waals surface area contributed by atoms with Crippen molar-refractivity contribution in [1.29, 1.82) is 0 Å². The predicted octanol–water partition coefficient (Wildman–Crippen LogP) is 2.47. The van der Waals surface area contributed by atoms with Crippen LogP contribution in [0.15, 0.2) is 23.2 Å². The Hall–Kier alpha value is -1.10. The molecular weight excluding hydrogens is 505 g/mol. The number of nitrogens with one attached hydrogen (secondary N) is 2. The van der Waals surface area contributed by atoms with Crippen molar-refractivity contribution in [2.45, 2.75) is 38.8 Å². The van der Waals surface area contributed by atoms with E-state index < -0.39 is 0 Å². The van der Waals surface area contributed by atoms with Crippen molar-refractivity contribution >= 4 is 29.9 Å². The Labute approximate surface area is 205 Å². The highest BCUT2D eigenvalue weighted by Gasteiger charge is 2.19. The minimum atomic E-state index is 0. The van der Waals surface area contributed by atoms with Crippen molar-refractivity contribution in [3.05, 3.63) is 29.3 Å². The van der Waals surface area contributed by atoms with Crippen LogP contribution in [0.4, 0.5) is 0 Å². The predicted molar refractivity (Wildman–Crippen MR) is 138 cm³/mol. The van der Waals surface area contributed by atoms with Crippen LogP contribution in [0.2, 0.25) is 0 Å². The van der Waals surface area contributed by atoms with Crippen LogP contribution in [0.5, 0.6) is 5.75 Å². The Morgan fingerprint density at radius 1 is 1.23 bits per heavy atom. The van der Waals surface area contributed by atoms with E-state index in [1.54, 1.807) is 0 Å². The van der Waals surface area contributed by atoms with Crippen LogP contribution in [-0.4, -0.2) is 88.4 Å². The van der Waals surface area contributed by atoms with E-state index in [1.165, 1.54) is 38.2 Å². The molecule has 1 unspecified atom stereocenters. The van der Waals surface area contributed by atoms with E-state index in [-0.39, 0.29) is 30.1 Å². The second kappa shape index (κ2) is 14.1. The van der Waals surface area contributed by atoms with Gasteiger partial charge in [0.2, 0.25) is 0 Å². The first-order valence-corrected chi connectivity index (χ1v) is 11.3. The van der Waals surface area contributed by atoms with Crippen molar-refractivity contribution in [2.75, 3.05) is 66.6 Å². The Kier molecular flexibility index (Phi) is 11.9. The second-order valence-corrected chi connectivity index (χ2v) is 8.42. The molecule has 8 heteroatoms. The third-order valence-electron chi connectivity index (χ3n) is 5.83. The number of aryl methyl sites for hydroxylation is 1. The number of hydrogen-bond acceptors (Lipinski definition) is 5. The fourth-order valence-electron chi connectivity index (χ4n) is 3.94. The van der Waals surface area contributed by atoms with Crippen molar-refractivity contribution < 1.29 is 9.47 Å². The number of halogens is 1. The molecule has 0 saturated carbocycles. The lowest BCUT2D eigenvalue weighted by molar-refractivity contribution is 0.140. The Balaban J connectivity index is 0.00000341. The number of benzene rings is 1. The van der Waals surface area contributed by atoms with Gasteiger partial charge in [-0.2, -0.15) is 0 Å². The molecule has 176 valence electrons. The van der Waals surface area contributed by atoms with Gasteiger partial charge in [0.05, 0.1) is 13.2 Å². The molecule has 31 heavy (non-hydrogen) atoms. The number of nitrogens with zero attached hydrogens (tertiary/aromatic N) is 3. The zero-order valence-electron chi connectivity index (χ0n) is 19.4. The van der Waals surface area contributed by atoms with E-state index in [0.29, 0.717) is 13.2 Å². The van der Waals surface area contributed by atoms with E-state index in [2.05, 4.69) is 57.6 Å². The molecule has 2 heterocycles. The van der Waals surface area contributed by atoms with Gasteiger partial charge in [-0.1, -0.05) is 12.1 Å². The third-order valence-corrected chi connectivity index (χ3v) is 5.83. The molecule has 1 aromatic carbocycles. The van der Waals surface area contributed by atoms with Gasteiger partial charge in [-0.05, 0) is 58.1 Å². The topological polar surface area (TPSA) is 61.4 Å². The average Bonchev–Trinajstić information content (AvgIpc) is 3.16. The number of ether oxygens (including phenoxy) is 2. The first-order valence-electron chi connectivity index (χ1n) is 11.3. The summed E-state index contributed by atoms with van der Waals surface area (Å²) in [6.07, 6.45) is 3.49. The van der Waals surface area contributed by atoms with Gasteiger partial charge in [-0.15, -0.1) is 24.0 Å². The fraction of sp³-hybridized carbons (Fsp3) is 0.696. The lowest BCUT2D eigenvalue weighted by Gasteiger charge is -2.20. The zero-order chi connectivity index (χ0) is 21.2. The number of hydrogen-bond donors (Lipinski definition) is 2. The minimum absolute atomic E-state index is 0. The monoisotopic (exact) mass is 545 g/mol. The summed E-state index contributed by atoms with van der Waals surface area (Å²) in [7, 11) is 4.04. The lowest BCUT2D eigenvalue weighted by Crippen LogP contribution is -2.38. The molecule has 7 nitrogen and oxygen atoms in total. The van der Waals surface area contributed by atoms with Gasteiger partial charge in [0, 0.05) is 45.2 Å². The summed E-state index contributed by atoms with van der Waals surface area (Å²) in [6.45, 7) is 11.1. The molecular formula is C23H40IN5O2. The Bertz CT molecular complexity index is 682. The number of rotatable bonds is 8. The maximum Gasteiger partial charge on any atom is 0.191 e. The van der Waals surface area contributed by atoms with Gasteiger partial charge >= 0.3 is 0 Å². The normalized spacial score (nSPS) is 20.7. The standard InChI is InChI=1S/C23H39N5O2.HI/c1-19-6-7-20(22(16-19)30-21-8-15-29-18-21)17-26-23(24-2)25-9-4-11-28-12-5-10-27(3)13-14-28;/h6-7,16,21H,4-5,8-15,17-18H2,1-3H3,(H2,24,25,26);1H. The molecule has 0 radical (unpaired) electrons. The summed E-state index contributed by atoms with van der Waals surface area (Å²) in [5, 5.41) is 6.88. The largest absolute Gasteiger partial charge is 0.488 e. The maximum atomic E-state index is 6.20. The Morgan fingerprint density at radius 3 is 2.87 bits per heavy atom. The van der Waals surface area contributed by atoms with Gasteiger partial charge < -0.3 is 29.9 Å². The quantitative estimate of drug-likeness (QED) is 0.227. The summed E-state index contributed by atoms with van der Waals surface area (Å²) in [6, 6.07) is 6.38. The van der Waals surface area contributed by atoms with Gasteiger partial charge in [0.25, 0.3) is 0 Å². The molecule has 0 aliphatic carbocycles. The summed E-state index contributed by atoms with van der Waals surface area (Å²) in [5.74, 6) is 1.78. The molecule has 2 N–H and O–H groups in total. The van der Waals surface area contributed by atoms with E-state index in [9.17, 15) is 0 Å². The van der Waals surface area contributed by atoms with Crippen molar-refractivity contribution in [3.63, 3.8) is 0 Å². The highest BCUT2D eigenvalue weighted by Crippen LogP contribution is 2.23. The van der Waals surface area contributed by atoms with Gasteiger partial charge in [-0.3, -0.25) is 4.99 Å². The van der Waals surface area contributed by atoms with Crippen molar-refractivity contribution in [1.82, 2.24) is 20.4 Å². The average molecular weight is 546 g/mol. The molecule has 0 bridgehead atoms. The molecule has 0 spiro atoms. The first kappa shape index (κ1) is 26.2. The molecule has 2 saturated heterocycles. The summed E-state index contributed by atoms with van der Waals surface area (Å²) < 4.78 is 11.7. The molecule has 1 aromatic rings. The lowest BCUT2D eigenvalue weighted by atomic mass is 10.1. The zero-order valence-corrected chi connectivity index (χ0v) is 21.7. The highest BCUT2D eigenvalue weighted by atomic mass is 127. The third kappa shape index (κ3) is 9.11. The highest BCUT2D eigenvalue weighted by molar-refractivity contribution is 14.0. The van der Waals surface area contributed by atoms with Crippen LogP contribution in [0.1, 0.15) is 30.4 Å². The van der Waals surface area contributed by atoms with E-state index in [1.807, 2.05) is 7.05 Å². The van der Waals surface area contributed by atoms with E-state index in [4.69, 9.17) is 9.47 Å². The number of aliphatic imine (C=N–C) groups is 1. The molecule has 0 aromatic heterocycles. The maximum absolute atomic E-state index is 6.20. The van der Waals surface area contributed by atoms with Crippen LogP contribution >= 0.6 is 24.0 Å². The molecule has 0 amide bonds. The van der Waals surface area contributed by atoms with Crippen LogP contribution in [0.25, 0.3) is 0 Å². The summed E-state index contributed by atoms with van der Waals surface area (Å²) in [5.41, 5.74) is 2.35. The van der Waals surface area contributed by atoms with Crippen molar-refractivity contribution in [2.24, 2.45) is 4.99 Å². The van der Waals surface area contributed by atoms with Gasteiger partial charge in [-0.25, -0.2) is 0 Å². The molecule has 2 fully saturated rings. The van der Waals surface area contributed by atoms with Crippen molar-refractivity contribution in [3.8, 4) is 5.75 Å². The molecule has 2 aliphatic heterocycles. The summed E-state index contributed by atoms with van der Waals surface area (Å²) >= 11 is 0. The fourth-order valence-corrected chi connectivity index (χ4v) is 3.94. The smallest absolute Gasteiger partial charge is 0.191 e. The number of likely N-dealkylation sites (N-methyl/N-ethyl adjacent to an activating group) is 1. The van der Waals surface area contributed by atoms with E-state index in [0.717, 1.165) is 49.8 Å². The molecule has 3 rings (SSSR count). The van der Waals surface area contributed by atoms with Gasteiger partial charge in [0.15, 0.2) is 5.96 Å². The van der Waals surface area contributed by atoms with E-state index >= 15 is 0 Å². The minimum Gasteiger partial charge on any atom is -0.488 e. The van der Waals surface area contributed by atoms with Crippen LogP contribution in [0, 0.1) is 6.92 Å². The van der Waals surface area contributed by atoms with Crippen LogP contribution < -0.4 is 15.4 Å². The Morgan fingerprint density at radius 2 is 2.10 bits per heavy atom. The van der Waals surface area contributed by atoms with Gasteiger partial charge in [0.1, 0.15) is 11.9 Å². The molecule has 1 atom stereocenters. The number of guanidine groups is 1. The SMILES string of the molecule is CN=C(NCCCN1CCCN(C)CC1)NCc1ccc(C)cc1OC1CCOC1.I. The van der Waals surface area contributed by atoms with Crippen LogP contribution in [0.3, 0.4) is 0 Å². The molecule has 2 aliphatic rings. The second-order valence-electron chi connectivity index (χ2n) is 8.42.